The Morgan fingerprint density at radius 1 is 0.773 bits per heavy atom. The van der Waals surface area contributed by atoms with E-state index in [1.807, 2.05) is 0 Å². The molecule has 0 aromatic carbocycles. The first-order valence-corrected chi connectivity index (χ1v) is 11.8. The summed E-state index contributed by atoms with van der Waals surface area (Å²) in [5.41, 5.74) is 0. The monoisotopic (exact) mass is 364 g/mol. The molecular weight excluding hydrogens is 324 g/mol. The zero-order valence-electron chi connectivity index (χ0n) is 15.8. The van der Waals surface area contributed by atoms with Crippen LogP contribution in [-0.2, 0) is 0 Å². The first kappa shape index (κ1) is 23.1. The molecule has 4 atom stereocenters. The minimum atomic E-state index is 0.748. The average Bonchev–Trinajstić information content (AvgIpc) is 2.44. The van der Waals surface area contributed by atoms with Crippen molar-refractivity contribution in [2.24, 2.45) is 11.8 Å². The highest BCUT2D eigenvalue weighted by Crippen LogP contribution is 2.28. The van der Waals surface area contributed by atoms with Gasteiger partial charge in [0.2, 0.25) is 0 Å². The van der Waals surface area contributed by atoms with Gasteiger partial charge in [-0.15, -0.1) is 0 Å². The summed E-state index contributed by atoms with van der Waals surface area (Å²) in [6, 6.07) is 0. The molecule has 22 heavy (non-hydrogen) atoms. The van der Waals surface area contributed by atoms with E-state index in [2.05, 4.69) is 77.7 Å². The lowest BCUT2D eigenvalue weighted by Crippen LogP contribution is -2.11. The Morgan fingerprint density at radius 3 is 2.00 bits per heavy atom. The zero-order valence-corrected chi connectivity index (χ0v) is 18.3. The maximum atomic E-state index is 4.40. The van der Waals surface area contributed by atoms with Gasteiger partial charge in [-0.25, -0.2) is 0 Å². The molecular formula is C19H40S3. The molecule has 0 spiro atoms. The smallest absolute Gasteiger partial charge is 0.00242 e. The van der Waals surface area contributed by atoms with Gasteiger partial charge in [-0.3, -0.25) is 0 Å². The summed E-state index contributed by atoms with van der Waals surface area (Å²) in [6.07, 6.45) is 8.24. The standard InChI is InChI=1S/C19H40S3/c1-15(2)9-7-8-12-21-17(4)10-11-18(5)22-19(6)13-16(3)14-20/h15-20H,7-14H2,1-6H3. The number of thiol groups is 1. The van der Waals surface area contributed by atoms with Crippen molar-refractivity contribution in [3.63, 3.8) is 0 Å². The van der Waals surface area contributed by atoms with Gasteiger partial charge in [0.05, 0.1) is 0 Å². The number of thioether (sulfide) groups is 2. The van der Waals surface area contributed by atoms with Gasteiger partial charge in [0.25, 0.3) is 0 Å². The van der Waals surface area contributed by atoms with Gasteiger partial charge in [0, 0.05) is 15.7 Å². The van der Waals surface area contributed by atoms with Crippen LogP contribution in [0.15, 0.2) is 0 Å². The van der Waals surface area contributed by atoms with Crippen LogP contribution in [0.1, 0.15) is 80.1 Å². The van der Waals surface area contributed by atoms with E-state index < -0.39 is 0 Å². The molecule has 0 N–H and O–H groups in total. The summed E-state index contributed by atoms with van der Waals surface area (Å²) >= 11 is 8.76. The second kappa shape index (κ2) is 14.4. The minimum absolute atomic E-state index is 0.748. The van der Waals surface area contributed by atoms with Crippen molar-refractivity contribution in [2.75, 3.05) is 11.5 Å². The van der Waals surface area contributed by atoms with E-state index in [1.54, 1.807) is 0 Å². The third kappa shape index (κ3) is 14.6. The van der Waals surface area contributed by atoms with Gasteiger partial charge in [-0.1, -0.05) is 54.4 Å². The minimum Gasteiger partial charge on any atom is -0.179 e. The molecule has 0 aliphatic carbocycles. The molecule has 0 aromatic heterocycles. The van der Waals surface area contributed by atoms with Crippen molar-refractivity contribution in [1.82, 2.24) is 0 Å². The topological polar surface area (TPSA) is 0 Å². The molecule has 0 heterocycles. The number of unbranched alkanes of at least 4 members (excludes halogenated alkanes) is 1. The first-order chi connectivity index (χ1) is 10.3. The maximum Gasteiger partial charge on any atom is 0.00242 e. The molecule has 134 valence electrons. The first-order valence-electron chi connectivity index (χ1n) is 9.23. The molecule has 0 aliphatic rings. The third-order valence-corrected chi connectivity index (χ3v) is 7.38. The summed E-state index contributed by atoms with van der Waals surface area (Å²) in [6.45, 7) is 14.2. The van der Waals surface area contributed by atoms with E-state index in [0.717, 1.165) is 33.3 Å². The summed E-state index contributed by atoms with van der Waals surface area (Å²) in [5, 5.41) is 2.40. The van der Waals surface area contributed by atoms with E-state index >= 15 is 0 Å². The summed E-state index contributed by atoms with van der Waals surface area (Å²) in [7, 11) is 0. The van der Waals surface area contributed by atoms with Crippen molar-refractivity contribution in [1.29, 1.82) is 0 Å². The van der Waals surface area contributed by atoms with E-state index in [4.69, 9.17) is 0 Å². The van der Waals surface area contributed by atoms with Crippen LogP contribution in [0.4, 0.5) is 0 Å². The molecule has 0 rings (SSSR count). The Bertz CT molecular complexity index is 243. The molecule has 0 fully saturated rings. The molecule has 0 radical (unpaired) electrons. The maximum absolute atomic E-state index is 4.40. The molecule has 0 amide bonds. The molecule has 4 unspecified atom stereocenters. The molecule has 3 heteroatoms. The van der Waals surface area contributed by atoms with Crippen LogP contribution in [0, 0.1) is 11.8 Å². The van der Waals surface area contributed by atoms with Crippen LogP contribution in [0.3, 0.4) is 0 Å². The molecule has 0 bridgehead atoms. The van der Waals surface area contributed by atoms with Gasteiger partial charge in [-0.2, -0.15) is 36.2 Å². The summed E-state index contributed by atoms with van der Waals surface area (Å²) < 4.78 is 0. The van der Waals surface area contributed by atoms with E-state index in [0.29, 0.717) is 0 Å². The van der Waals surface area contributed by atoms with Crippen molar-refractivity contribution >= 4 is 36.2 Å². The fourth-order valence-corrected chi connectivity index (χ4v) is 5.38. The Kier molecular flexibility index (Phi) is 15.1. The fourth-order valence-electron chi connectivity index (χ4n) is 2.65. The highest BCUT2D eigenvalue weighted by atomic mass is 32.2. The third-order valence-electron chi connectivity index (χ3n) is 4.07. The Hall–Kier alpha value is 1.05. The van der Waals surface area contributed by atoms with Crippen LogP contribution >= 0.6 is 36.2 Å². The predicted molar refractivity (Wildman–Crippen MR) is 114 cm³/mol. The molecule has 0 saturated carbocycles. The van der Waals surface area contributed by atoms with E-state index in [1.165, 1.54) is 44.3 Å². The van der Waals surface area contributed by atoms with Gasteiger partial charge in [0.15, 0.2) is 0 Å². The average molecular weight is 365 g/mol. The molecule has 0 nitrogen and oxygen atoms in total. The van der Waals surface area contributed by atoms with Crippen LogP contribution < -0.4 is 0 Å². The van der Waals surface area contributed by atoms with E-state index in [-0.39, 0.29) is 0 Å². The lowest BCUT2D eigenvalue weighted by Gasteiger charge is -2.21. The lowest BCUT2D eigenvalue weighted by atomic mass is 10.1. The zero-order chi connectivity index (χ0) is 17.0. The quantitative estimate of drug-likeness (QED) is 0.256. The van der Waals surface area contributed by atoms with Crippen molar-refractivity contribution < 1.29 is 0 Å². The lowest BCUT2D eigenvalue weighted by molar-refractivity contribution is 0.551. The number of hydrogen-bond donors (Lipinski definition) is 1. The van der Waals surface area contributed by atoms with Gasteiger partial charge in [0.1, 0.15) is 0 Å². The normalized spacial score (nSPS) is 17.5. The Balaban J connectivity index is 3.61. The van der Waals surface area contributed by atoms with Crippen LogP contribution in [0.25, 0.3) is 0 Å². The summed E-state index contributed by atoms with van der Waals surface area (Å²) in [4.78, 5) is 0. The van der Waals surface area contributed by atoms with Gasteiger partial charge >= 0.3 is 0 Å². The fraction of sp³-hybridized carbons (Fsp3) is 1.00. The highest BCUT2D eigenvalue weighted by Gasteiger charge is 2.13. The summed E-state index contributed by atoms with van der Waals surface area (Å²) in [5.74, 6) is 3.99. The van der Waals surface area contributed by atoms with Crippen molar-refractivity contribution in [3.8, 4) is 0 Å². The predicted octanol–water partition coefficient (Wildman–Crippen LogP) is 7.18. The number of rotatable bonds is 14. The molecule has 0 aromatic rings. The Labute approximate surface area is 155 Å². The Morgan fingerprint density at radius 2 is 1.41 bits per heavy atom. The van der Waals surface area contributed by atoms with Gasteiger partial charge < -0.3 is 0 Å². The molecule has 0 aliphatic heterocycles. The van der Waals surface area contributed by atoms with E-state index in [9.17, 15) is 0 Å². The van der Waals surface area contributed by atoms with Gasteiger partial charge in [-0.05, 0) is 49.0 Å². The largest absolute Gasteiger partial charge is 0.179 e. The molecule has 0 saturated heterocycles. The number of hydrogen-bond acceptors (Lipinski definition) is 3. The SMILES string of the molecule is CC(C)CCCCSC(C)CCC(C)SC(C)CC(C)CS. The van der Waals surface area contributed by atoms with Crippen LogP contribution in [0.5, 0.6) is 0 Å². The van der Waals surface area contributed by atoms with Crippen molar-refractivity contribution in [2.45, 2.75) is 95.8 Å². The van der Waals surface area contributed by atoms with Crippen LogP contribution in [-0.4, -0.2) is 27.3 Å². The van der Waals surface area contributed by atoms with Crippen LogP contribution in [0.2, 0.25) is 0 Å². The second-order valence-corrected chi connectivity index (χ2v) is 11.2. The second-order valence-electron chi connectivity index (χ2n) is 7.43. The van der Waals surface area contributed by atoms with Crippen molar-refractivity contribution in [3.05, 3.63) is 0 Å². The highest BCUT2D eigenvalue weighted by molar-refractivity contribution is 8.00.